The number of halogens is 1. The quantitative estimate of drug-likeness (QED) is 0.789. The first-order chi connectivity index (χ1) is 12.6. The first-order valence-corrected chi connectivity index (χ1v) is 9.50. The maximum Gasteiger partial charge on any atom is 0.263 e. The highest BCUT2D eigenvalue weighted by Gasteiger charge is 2.29. The molecule has 0 aliphatic carbocycles. The number of rotatable bonds is 6. The molecule has 3 rings (SSSR count). The second-order valence-corrected chi connectivity index (χ2v) is 7.11. The standard InChI is InChI=1S/C19H21FN2O3S/c20-15-5-7-16(8-6-15)25-11-9-21-18(23)14-3-1-10-22(13-14)19(24)17-4-2-12-26-17/h2,4-8,12,14H,1,3,9-11,13H2,(H,21,23)/t14-/m0/s1. The molecule has 0 spiro atoms. The normalized spacial score (nSPS) is 17.0. The molecule has 26 heavy (non-hydrogen) atoms. The predicted molar refractivity (Wildman–Crippen MR) is 97.9 cm³/mol. The van der Waals surface area contributed by atoms with Crippen LogP contribution in [0.2, 0.25) is 0 Å². The van der Waals surface area contributed by atoms with E-state index in [-0.39, 0.29) is 23.5 Å². The van der Waals surface area contributed by atoms with E-state index in [0.29, 0.717) is 36.9 Å². The Morgan fingerprint density at radius 2 is 2.08 bits per heavy atom. The zero-order valence-corrected chi connectivity index (χ0v) is 15.1. The summed E-state index contributed by atoms with van der Waals surface area (Å²) in [4.78, 5) is 27.3. The van der Waals surface area contributed by atoms with E-state index in [1.807, 2.05) is 17.5 Å². The van der Waals surface area contributed by atoms with Crippen LogP contribution in [-0.4, -0.2) is 43.0 Å². The lowest BCUT2D eigenvalue weighted by Gasteiger charge is -2.31. The van der Waals surface area contributed by atoms with E-state index in [2.05, 4.69) is 5.32 Å². The fraction of sp³-hybridized carbons (Fsp3) is 0.368. The number of amides is 2. The van der Waals surface area contributed by atoms with Crippen LogP contribution in [0.5, 0.6) is 5.75 Å². The molecule has 1 atom stereocenters. The van der Waals surface area contributed by atoms with E-state index in [1.54, 1.807) is 17.0 Å². The van der Waals surface area contributed by atoms with Gasteiger partial charge in [0.25, 0.3) is 5.91 Å². The molecule has 2 heterocycles. The van der Waals surface area contributed by atoms with Gasteiger partial charge >= 0.3 is 0 Å². The van der Waals surface area contributed by atoms with Crippen LogP contribution in [0.4, 0.5) is 4.39 Å². The number of hydrogen-bond donors (Lipinski definition) is 1. The van der Waals surface area contributed by atoms with Gasteiger partial charge in [-0.05, 0) is 48.6 Å². The number of hydrogen-bond acceptors (Lipinski definition) is 4. The Hall–Kier alpha value is -2.41. The van der Waals surface area contributed by atoms with Crippen LogP contribution in [0.25, 0.3) is 0 Å². The van der Waals surface area contributed by atoms with Crippen LogP contribution in [0.1, 0.15) is 22.5 Å². The van der Waals surface area contributed by atoms with E-state index in [4.69, 9.17) is 4.74 Å². The minimum absolute atomic E-state index is 0.00265. The molecular weight excluding hydrogens is 355 g/mol. The van der Waals surface area contributed by atoms with Crippen molar-refractivity contribution in [3.8, 4) is 5.75 Å². The molecule has 138 valence electrons. The maximum absolute atomic E-state index is 12.8. The predicted octanol–water partition coefficient (Wildman–Crippen LogP) is 2.93. The average Bonchev–Trinajstić information content (AvgIpc) is 3.21. The van der Waals surface area contributed by atoms with E-state index in [1.165, 1.54) is 23.5 Å². The number of nitrogens with zero attached hydrogens (tertiary/aromatic N) is 1. The van der Waals surface area contributed by atoms with Crippen molar-refractivity contribution in [1.29, 1.82) is 0 Å². The molecule has 1 aliphatic heterocycles. The zero-order chi connectivity index (χ0) is 18.4. The summed E-state index contributed by atoms with van der Waals surface area (Å²) in [5.74, 6) is -0.0114. The number of benzene rings is 1. The summed E-state index contributed by atoms with van der Waals surface area (Å²) < 4.78 is 18.3. The summed E-state index contributed by atoms with van der Waals surface area (Å²) in [5, 5.41) is 4.73. The highest BCUT2D eigenvalue weighted by Crippen LogP contribution is 2.20. The second-order valence-electron chi connectivity index (χ2n) is 6.16. The van der Waals surface area contributed by atoms with Gasteiger partial charge in [-0.1, -0.05) is 6.07 Å². The SMILES string of the molecule is O=C(NCCOc1ccc(F)cc1)[C@H]1CCCN(C(=O)c2cccs2)C1. The van der Waals surface area contributed by atoms with Gasteiger partial charge in [-0.3, -0.25) is 9.59 Å². The van der Waals surface area contributed by atoms with Gasteiger partial charge in [0.15, 0.2) is 0 Å². The van der Waals surface area contributed by atoms with E-state index in [0.717, 1.165) is 12.8 Å². The second kappa shape index (κ2) is 8.80. The maximum atomic E-state index is 12.8. The molecule has 5 nitrogen and oxygen atoms in total. The molecule has 7 heteroatoms. The third-order valence-electron chi connectivity index (χ3n) is 4.30. The minimum Gasteiger partial charge on any atom is -0.492 e. The molecule has 2 aromatic rings. The summed E-state index contributed by atoms with van der Waals surface area (Å²) in [7, 11) is 0. The topological polar surface area (TPSA) is 58.6 Å². The molecule has 0 radical (unpaired) electrons. The number of piperidine rings is 1. The van der Waals surface area contributed by atoms with Crippen LogP contribution in [0.3, 0.4) is 0 Å². The summed E-state index contributed by atoms with van der Waals surface area (Å²) in [6.07, 6.45) is 1.60. The highest BCUT2D eigenvalue weighted by molar-refractivity contribution is 7.12. The molecule has 1 fully saturated rings. The van der Waals surface area contributed by atoms with Gasteiger partial charge in [0, 0.05) is 13.1 Å². The van der Waals surface area contributed by atoms with Crippen LogP contribution in [-0.2, 0) is 4.79 Å². The fourth-order valence-electron chi connectivity index (χ4n) is 2.95. The first kappa shape index (κ1) is 18.4. The number of thiophene rings is 1. The monoisotopic (exact) mass is 376 g/mol. The number of carbonyl (C=O) groups excluding carboxylic acids is 2. The summed E-state index contributed by atoms with van der Waals surface area (Å²) >= 11 is 1.42. The lowest BCUT2D eigenvalue weighted by molar-refractivity contribution is -0.126. The Kier molecular flexibility index (Phi) is 6.22. The van der Waals surface area contributed by atoms with Gasteiger partial charge < -0.3 is 15.0 Å². The molecule has 1 N–H and O–H groups in total. The van der Waals surface area contributed by atoms with E-state index in [9.17, 15) is 14.0 Å². The molecule has 2 amide bonds. The third-order valence-corrected chi connectivity index (χ3v) is 5.15. The van der Waals surface area contributed by atoms with E-state index < -0.39 is 0 Å². The van der Waals surface area contributed by atoms with Gasteiger partial charge in [0.1, 0.15) is 18.2 Å². The van der Waals surface area contributed by atoms with Gasteiger partial charge in [-0.15, -0.1) is 11.3 Å². The van der Waals surface area contributed by atoms with Gasteiger partial charge in [0.2, 0.25) is 5.91 Å². The first-order valence-electron chi connectivity index (χ1n) is 8.62. The Morgan fingerprint density at radius 1 is 1.27 bits per heavy atom. The van der Waals surface area contributed by atoms with Crippen LogP contribution >= 0.6 is 11.3 Å². The van der Waals surface area contributed by atoms with Gasteiger partial charge in [-0.2, -0.15) is 0 Å². The number of nitrogens with one attached hydrogen (secondary N) is 1. The zero-order valence-electron chi connectivity index (χ0n) is 14.3. The lowest BCUT2D eigenvalue weighted by Crippen LogP contribution is -2.45. The van der Waals surface area contributed by atoms with Gasteiger partial charge in [-0.25, -0.2) is 4.39 Å². The molecule has 1 saturated heterocycles. The lowest BCUT2D eigenvalue weighted by atomic mass is 9.97. The summed E-state index contributed by atoms with van der Waals surface area (Å²) in [6, 6.07) is 9.42. The average molecular weight is 376 g/mol. The third kappa shape index (κ3) is 4.82. The molecule has 1 aliphatic rings. The molecule has 0 bridgehead atoms. The Bertz CT molecular complexity index is 734. The fourth-order valence-corrected chi connectivity index (χ4v) is 3.64. The molecular formula is C19H21FN2O3S. The molecule has 0 unspecified atom stereocenters. The van der Waals surface area contributed by atoms with Crippen molar-refractivity contribution in [3.63, 3.8) is 0 Å². The van der Waals surface area contributed by atoms with Crippen molar-refractivity contribution < 1.29 is 18.7 Å². The Morgan fingerprint density at radius 3 is 2.81 bits per heavy atom. The van der Waals surface area contributed by atoms with Crippen molar-refractivity contribution in [1.82, 2.24) is 10.2 Å². The largest absolute Gasteiger partial charge is 0.492 e. The number of likely N-dealkylation sites (tertiary alicyclic amines) is 1. The highest BCUT2D eigenvalue weighted by atomic mass is 32.1. The summed E-state index contributed by atoms with van der Waals surface area (Å²) in [5.41, 5.74) is 0. The number of ether oxygens (including phenoxy) is 1. The number of carbonyl (C=O) groups is 2. The van der Waals surface area contributed by atoms with Crippen molar-refractivity contribution >= 4 is 23.2 Å². The van der Waals surface area contributed by atoms with Crippen LogP contribution < -0.4 is 10.1 Å². The van der Waals surface area contributed by atoms with Crippen molar-refractivity contribution in [3.05, 3.63) is 52.5 Å². The van der Waals surface area contributed by atoms with Crippen LogP contribution in [0.15, 0.2) is 41.8 Å². The van der Waals surface area contributed by atoms with Crippen molar-refractivity contribution in [2.75, 3.05) is 26.2 Å². The van der Waals surface area contributed by atoms with Crippen molar-refractivity contribution in [2.45, 2.75) is 12.8 Å². The van der Waals surface area contributed by atoms with Gasteiger partial charge in [0.05, 0.1) is 17.3 Å². The smallest absolute Gasteiger partial charge is 0.263 e. The molecule has 0 saturated carbocycles. The Labute approximate surface area is 155 Å². The Balaban J connectivity index is 1.42. The molecule has 1 aromatic carbocycles. The van der Waals surface area contributed by atoms with Crippen LogP contribution in [0, 0.1) is 11.7 Å². The summed E-state index contributed by atoms with van der Waals surface area (Å²) in [6.45, 7) is 1.81. The minimum atomic E-state index is -0.315. The van der Waals surface area contributed by atoms with E-state index >= 15 is 0 Å². The van der Waals surface area contributed by atoms with Crippen molar-refractivity contribution in [2.24, 2.45) is 5.92 Å². The molecule has 1 aromatic heterocycles.